The van der Waals surface area contributed by atoms with Crippen molar-refractivity contribution >= 4 is 24.3 Å². The Morgan fingerprint density at radius 1 is 1.47 bits per heavy atom. The third kappa shape index (κ3) is 4.71. The summed E-state index contributed by atoms with van der Waals surface area (Å²) in [6, 6.07) is 7.58. The number of aliphatic carboxylic acids is 1. The predicted octanol–water partition coefficient (Wildman–Crippen LogP) is 1.49. The number of benzene rings is 1. The molecule has 0 amide bonds. The van der Waals surface area contributed by atoms with E-state index in [9.17, 15) is 4.79 Å². The van der Waals surface area contributed by atoms with Crippen molar-refractivity contribution in [1.29, 1.82) is 0 Å². The highest BCUT2D eigenvalue weighted by Gasteiger charge is 1.97. The molecule has 0 atom stereocenters. The molecule has 5 heteroatoms. The zero-order chi connectivity index (χ0) is 11.1. The van der Waals surface area contributed by atoms with Crippen LogP contribution >= 0.6 is 12.6 Å². The molecule has 0 heterocycles. The van der Waals surface area contributed by atoms with Crippen LogP contribution in [0.5, 0.6) is 0 Å². The fourth-order valence-corrected chi connectivity index (χ4v) is 1.28. The van der Waals surface area contributed by atoms with Crippen molar-refractivity contribution < 1.29 is 14.6 Å². The van der Waals surface area contributed by atoms with E-state index in [0.717, 1.165) is 10.6 Å². The van der Waals surface area contributed by atoms with Gasteiger partial charge < -0.3 is 15.2 Å². The van der Waals surface area contributed by atoms with Crippen LogP contribution in [0.2, 0.25) is 0 Å². The number of carboxylic acid groups (broad SMARTS) is 1. The highest BCUT2D eigenvalue weighted by molar-refractivity contribution is 7.80. The molecule has 0 aliphatic rings. The molecule has 0 aromatic heterocycles. The molecule has 1 aromatic carbocycles. The smallest absolute Gasteiger partial charge is 0.329 e. The average molecular weight is 227 g/mol. The quantitative estimate of drug-likeness (QED) is 0.509. The van der Waals surface area contributed by atoms with Gasteiger partial charge in [-0.3, -0.25) is 0 Å². The summed E-state index contributed by atoms with van der Waals surface area (Å²) in [5, 5.41) is 11.4. The summed E-state index contributed by atoms with van der Waals surface area (Å²) in [7, 11) is 0. The number of ether oxygens (including phenoxy) is 1. The highest BCUT2D eigenvalue weighted by Crippen LogP contribution is 2.17. The number of carbonyl (C=O) groups is 1. The van der Waals surface area contributed by atoms with Crippen molar-refractivity contribution in [2.45, 2.75) is 4.90 Å². The van der Waals surface area contributed by atoms with Gasteiger partial charge in [0.15, 0.2) is 0 Å². The Kier molecular flexibility index (Phi) is 5.00. The topological polar surface area (TPSA) is 58.6 Å². The first-order valence-corrected chi connectivity index (χ1v) is 4.96. The first kappa shape index (κ1) is 11.9. The first-order valence-electron chi connectivity index (χ1n) is 4.51. The molecule has 82 valence electrons. The molecular formula is C10H13NO3S. The third-order valence-electron chi connectivity index (χ3n) is 1.69. The summed E-state index contributed by atoms with van der Waals surface area (Å²) in [6.07, 6.45) is 0. The molecule has 0 unspecified atom stereocenters. The van der Waals surface area contributed by atoms with Crippen LogP contribution in [-0.4, -0.2) is 30.8 Å². The number of hydrogen-bond donors (Lipinski definition) is 3. The summed E-state index contributed by atoms with van der Waals surface area (Å²) >= 11 is 4.26. The van der Waals surface area contributed by atoms with Crippen LogP contribution in [0.1, 0.15) is 0 Å². The zero-order valence-electron chi connectivity index (χ0n) is 8.14. The van der Waals surface area contributed by atoms with Crippen molar-refractivity contribution in [3.05, 3.63) is 24.3 Å². The van der Waals surface area contributed by atoms with Gasteiger partial charge in [-0.25, -0.2) is 4.79 Å². The van der Waals surface area contributed by atoms with E-state index in [0.29, 0.717) is 13.2 Å². The average Bonchev–Trinajstić information content (AvgIpc) is 2.20. The van der Waals surface area contributed by atoms with Crippen LogP contribution in [0.15, 0.2) is 29.2 Å². The van der Waals surface area contributed by atoms with E-state index >= 15 is 0 Å². The summed E-state index contributed by atoms with van der Waals surface area (Å²) in [5.74, 6) is -0.954. The molecule has 0 fully saturated rings. The molecule has 1 aromatic rings. The van der Waals surface area contributed by atoms with Gasteiger partial charge >= 0.3 is 5.97 Å². The Balaban J connectivity index is 2.21. The minimum absolute atomic E-state index is 0.260. The van der Waals surface area contributed by atoms with E-state index in [1.165, 1.54) is 0 Å². The fraction of sp³-hybridized carbons (Fsp3) is 0.300. The lowest BCUT2D eigenvalue weighted by molar-refractivity contribution is -0.142. The Morgan fingerprint density at radius 2 is 2.20 bits per heavy atom. The Bertz CT molecular complexity index is 330. The molecule has 15 heavy (non-hydrogen) atoms. The number of rotatable bonds is 6. The SMILES string of the molecule is O=C(O)COCCNc1ccccc1S. The number of hydrogen-bond acceptors (Lipinski definition) is 4. The number of thiol groups is 1. The van der Waals surface area contributed by atoms with E-state index in [2.05, 4.69) is 17.9 Å². The summed E-state index contributed by atoms with van der Waals surface area (Å²) in [4.78, 5) is 11.0. The monoisotopic (exact) mass is 227 g/mol. The Morgan fingerprint density at radius 3 is 2.87 bits per heavy atom. The van der Waals surface area contributed by atoms with Gasteiger partial charge in [-0.1, -0.05) is 12.1 Å². The van der Waals surface area contributed by atoms with E-state index in [1.807, 2.05) is 24.3 Å². The molecule has 4 nitrogen and oxygen atoms in total. The molecule has 2 N–H and O–H groups in total. The maximum Gasteiger partial charge on any atom is 0.329 e. The van der Waals surface area contributed by atoms with E-state index < -0.39 is 5.97 Å². The second kappa shape index (κ2) is 6.31. The maximum atomic E-state index is 10.1. The van der Waals surface area contributed by atoms with Gasteiger partial charge in [0.1, 0.15) is 6.61 Å². The van der Waals surface area contributed by atoms with E-state index in [1.54, 1.807) is 0 Å². The van der Waals surface area contributed by atoms with Crippen LogP contribution in [-0.2, 0) is 9.53 Å². The number of nitrogens with one attached hydrogen (secondary N) is 1. The number of carboxylic acids is 1. The Labute approximate surface area is 93.7 Å². The minimum atomic E-state index is -0.954. The molecule has 0 aliphatic carbocycles. The fourth-order valence-electron chi connectivity index (χ4n) is 1.04. The van der Waals surface area contributed by atoms with Gasteiger partial charge in [0.05, 0.1) is 6.61 Å². The highest BCUT2D eigenvalue weighted by atomic mass is 32.1. The first-order chi connectivity index (χ1) is 7.20. The van der Waals surface area contributed by atoms with Gasteiger partial charge in [0, 0.05) is 17.1 Å². The van der Waals surface area contributed by atoms with Crippen molar-refractivity contribution in [3.63, 3.8) is 0 Å². The number of para-hydroxylation sites is 1. The van der Waals surface area contributed by atoms with Gasteiger partial charge in [-0.15, -0.1) is 12.6 Å². The Hall–Kier alpha value is -1.20. The third-order valence-corrected chi connectivity index (χ3v) is 2.08. The second-order valence-corrected chi connectivity index (χ2v) is 3.37. The van der Waals surface area contributed by atoms with E-state index in [4.69, 9.17) is 9.84 Å². The van der Waals surface area contributed by atoms with Gasteiger partial charge in [0.25, 0.3) is 0 Å². The van der Waals surface area contributed by atoms with Gasteiger partial charge in [-0.05, 0) is 12.1 Å². The maximum absolute atomic E-state index is 10.1. The van der Waals surface area contributed by atoms with Crippen molar-refractivity contribution in [2.75, 3.05) is 25.1 Å². The predicted molar refractivity (Wildman–Crippen MR) is 60.6 cm³/mol. The summed E-state index contributed by atoms with van der Waals surface area (Å²) in [6.45, 7) is 0.656. The summed E-state index contributed by atoms with van der Waals surface area (Å²) in [5.41, 5.74) is 0.916. The minimum Gasteiger partial charge on any atom is -0.480 e. The molecule has 0 saturated heterocycles. The van der Waals surface area contributed by atoms with Gasteiger partial charge in [0.2, 0.25) is 0 Å². The van der Waals surface area contributed by atoms with Crippen LogP contribution in [0, 0.1) is 0 Å². The summed E-state index contributed by atoms with van der Waals surface area (Å²) < 4.78 is 4.87. The molecule has 0 spiro atoms. The second-order valence-electron chi connectivity index (χ2n) is 2.89. The zero-order valence-corrected chi connectivity index (χ0v) is 9.04. The lowest BCUT2D eigenvalue weighted by Crippen LogP contribution is -2.14. The lowest BCUT2D eigenvalue weighted by atomic mass is 10.3. The molecule has 1 rings (SSSR count). The van der Waals surface area contributed by atoms with Crippen LogP contribution in [0.4, 0.5) is 5.69 Å². The standard InChI is InChI=1S/C10H13NO3S/c12-10(13)7-14-6-5-11-8-3-1-2-4-9(8)15/h1-4,11,15H,5-7H2,(H,12,13). The molecular weight excluding hydrogens is 214 g/mol. The van der Waals surface area contributed by atoms with Crippen molar-refractivity contribution in [1.82, 2.24) is 0 Å². The number of anilines is 1. The largest absolute Gasteiger partial charge is 0.480 e. The molecule has 0 radical (unpaired) electrons. The van der Waals surface area contributed by atoms with Crippen LogP contribution < -0.4 is 5.32 Å². The molecule has 0 bridgehead atoms. The van der Waals surface area contributed by atoms with Crippen molar-refractivity contribution in [3.8, 4) is 0 Å². The lowest BCUT2D eigenvalue weighted by Gasteiger charge is -2.08. The van der Waals surface area contributed by atoms with E-state index in [-0.39, 0.29) is 6.61 Å². The molecule has 0 aliphatic heterocycles. The van der Waals surface area contributed by atoms with Gasteiger partial charge in [-0.2, -0.15) is 0 Å². The normalized spacial score (nSPS) is 9.93. The van der Waals surface area contributed by atoms with Crippen molar-refractivity contribution in [2.24, 2.45) is 0 Å². The van der Waals surface area contributed by atoms with Crippen LogP contribution in [0.25, 0.3) is 0 Å². The van der Waals surface area contributed by atoms with Crippen LogP contribution in [0.3, 0.4) is 0 Å². The molecule has 0 saturated carbocycles.